The van der Waals surface area contributed by atoms with E-state index < -0.39 is 17.6 Å². The van der Waals surface area contributed by atoms with Gasteiger partial charge in [-0.05, 0) is 64.4 Å². The van der Waals surface area contributed by atoms with E-state index in [4.69, 9.17) is 4.74 Å². The molecule has 0 radical (unpaired) electrons. The van der Waals surface area contributed by atoms with E-state index >= 15 is 0 Å². The molecule has 0 unspecified atom stereocenters. The summed E-state index contributed by atoms with van der Waals surface area (Å²) in [6, 6.07) is 9.22. The quantitative estimate of drug-likeness (QED) is 0.517. The summed E-state index contributed by atoms with van der Waals surface area (Å²) < 4.78 is 5.42. The van der Waals surface area contributed by atoms with E-state index in [1.807, 2.05) is 51.1 Å². The summed E-state index contributed by atoms with van der Waals surface area (Å²) in [4.78, 5) is 43.5. The van der Waals surface area contributed by atoms with Crippen LogP contribution in [0.4, 0.5) is 0 Å². The van der Waals surface area contributed by atoms with Crippen LogP contribution in [0.25, 0.3) is 0 Å². The first kappa shape index (κ1) is 24.5. The van der Waals surface area contributed by atoms with E-state index in [1.54, 1.807) is 0 Å². The third-order valence-electron chi connectivity index (χ3n) is 5.84. The molecule has 1 atom stereocenters. The van der Waals surface area contributed by atoms with Gasteiger partial charge < -0.3 is 20.1 Å². The molecular formula is C25H33N3O5. The van der Waals surface area contributed by atoms with Crippen molar-refractivity contribution in [2.75, 3.05) is 0 Å². The van der Waals surface area contributed by atoms with Crippen LogP contribution in [-0.4, -0.2) is 38.5 Å². The highest BCUT2D eigenvalue weighted by molar-refractivity contribution is 5.85. The Morgan fingerprint density at radius 2 is 1.82 bits per heavy atom. The number of H-pyrrole nitrogens is 1. The van der Waals surface area contributed by atoms with Crippen molar-refractivity contribution in [1.82, 2.24) is 15.3 Å². The predicted molar refractivity (Wildman–Crippen MR) is 122 cm³/mol. The molecule has 1 heterocycles. The smallest absolute Gasteiger partial charge is 0.356 e. The minimum Gasteiger partial charge on any atom is -0.476 e. The lowest BCUT2D eigenvalue weighted by Crippen LogP contribution is -2.37. The number of carboxylic acids is 1. The largest absolute Gasteiger partial charge is 0.476 e. The lowest BCUT2D eigenvalue weighted by Gasteiger charge is -2.29. The van der Waals surface area contributed by atoms with Gasteiger partial charge in [0.2, 0.25) is 5.91 Å². The van der Waals surface area contributed by atoms with Gasteiger partial charge in [-0.25, -0.2) is 9.78 Å². The van der Waals surface area contributed by atoms with E-state index in [-0.39, 0.29) is 29.4 Å². The van der Waals surface area contributed by atoms with Gasteiger partial charge in [0.1, 0.15) is 11.4 Å². The van der Waals surface area contributed by atoms with E-state index in [9.17, 15) is 19.5 Å². The molecule has 3 rings (SSSR count). The highest BCUT2D eigenvalue weighted by Gasteiger charge is 2.30. The zero-order valence-corrected chi connectivity index (χ0v) is 19.5. The summed E-state index contributed by atoms with van der Waals surface area (Å²) >= 11 is 0. The number of hydrogen-bond acceptors (Lipinski definition) is 5. The number of carbonyl (C=O) groups excluding carboxylic acids is 2. The molecule has 8 heteroatoms. The number of aromatic carboxylic acids is 1. The molecule has 8 nitrogen and oxygen atoms in total. The van der Waals surface area contributed by atoms with Crippen molar-refractivity contribution in [3.63, 3.8) is 0 Å². The Morgan fingerprint density at radius 1 is 1.15 bits per heavy atom. The number of hydrogen-bond donors (Lipinski definition) is 3. The van der Waals surface area contributed by atoms with E-state index in [1.165, 1.54) is 6.20 Å². The molecule has 33 heavy (non-hydrogen) atoms. The Kier molecular flexibility index (Phi) is 7.89. The second-order valence-corrected chi connectivity index (χ2v) is 9.74. The van der Waals surface area contributed by atoms with Gasteiger partial charge in [0.15, 0.2) is 5.69 Å². The number of ether oxygens (including phenoxy) is 1. The van der Waals surface area contributed by atoms with Crippen LogP contribution < -0.4 is 5.32 Å². The molecule has 1 aromatic heterocycles. The van der Waals surface area contributed by atoms with Crippen LogP contribution in [0.3, 0.4) is 0 Å². The maximum atomic E-state index is 13.1. The molecule has 2 aromatic rings. The van der Waals surface area contributed by atoms with Crippen molar-refractivity contribution in [1.29, 1.82) is 0 Å². The van der Waals surface area contributed by atoms with E-state index in [0.29, 0.717) is 31.5 Å². The highest BCUT2D eigenvalue weighted by atomic mass is 16.6. The van der Waals surface area contributed by atoms with Crippen molar-refractivity contribution >= 4 is 17.8 Å². The first-order valence-corrected chi connectivity index (χ1v) is 11.5. The van der Waals surface area contributed by atoms with E-state index in [0.717, 1.165) is 18.4 Å². The van der Waals surface area contributed by atoms with Crippen molar-refractivity contribution in [3.05, 3.63) is 53.6 Å². The van der Waals surface area contributed by atoms with Gasteiger partial charge in [0.05, 0.1) is 6.04 Å². The normalized spacial score (nSPS) is 19.5. The topological polar surface area (TPSA) is 121 Å². The van der Waals surface area contributed by atoms with Crippen molar-refractivity contribution in [2.45, 2.75) is 70.9 Å². The number of benzene rings is 1. The maximum absolute atomic E-state index is 13.1. The fraction of sp³-hybridized carbons (Fsp3) is 0.520. The van der Waals surface area contributed by atoms with Gasteiger partial charge in [-0.2, -0.15) is 0 Å². The van der Waals surface area contributed by atoms with Crippen molar-refractivity contribution < 1.29 is 24.2 Å². The summed E-state index contributed by atoms with van der Waals surface area (Å²) in [5.41, 5.74) is 0.436. The average molecular weight is 456 g/mol. The average Bonchev–Trinajstić information content (AvgIpc) is 3.24. The van der Waals surface area contributed by atoms with Gasteiger partial charge in [0, 0.05) is 18.5 Å². The second kappa shape index (κ2) is 10.6. The summed E-state index contributed by atoms with van der Waals surface area (Å²) in [5.74, 6) is -0.876. The van der Waals surface area contributed by atoms with Gasteiger partial charge in [-0.15, -0.1) is 0 Å². The molecule has 1 aromatic carbocycles. The van der Waals surface area contributed by atoms with Crippen molar-refractivity contribution in [2.24, 2.45) is 11.8 Å². The fourth-order valence-electron chi connectivity index (χ4n) is 4.23. The number of esters is 1. The second-order valence-electron chi connectivity index (χ2n) is 9.74. The number of carbonyl (C=O) groups is 3. The molecule has 0 aliphatic heterocycles. The Morgan fingerprint density at radius 3 is 2.39 bits per heavy atom. The standard InChI is InChI=1S/C25H33N3O5/c1-25(2,3)33-21(29)14-17-9-11-18(12-10-17)23(30)28-19(13-16-7-5-4-6-8-16)22-26-15-20(27-22)24(31)32/h4-8,15,17-19H,9-14H2,1-3H3,(H,26,27)(H,28,30)(H,31,32)/t17-,18-,19-/m0/s1. The lowest BCUT2D eigenvalue weighted by atomic mass is 9.80. The summed E-state index contributed by atoms with van der Waals surface area (Å²) in [5, 5.41) is 12.3. The van der Waals surface area contributed by atoms with E-state index in [2.05, 4.69) is 15.3 Å². The van der Waals surface area contributed by atoms with Crippen LogP contribution in [0.2, 0.25) is 0 Å². The molecule has 1 amide bonds. The zero-order valence-electron chi connectivity index (χ0n) is 19.5. The number of aromatic amines is 1. The molecule has 1 fully saturated rings. The zero-order chi connectivity index (χ0) is 24.0. The first-order valence-electron chi connectivity index (χ1n) is 11.5. The number of nitrogens with one attached hydrogen (secondary N) is 2. The molecule has 0 spiro atoms. The minimum absolute atomic E-state index is 0.0695. The number of nitrogens with zero attached hydrogens (tertiary/aromatic N) is 1. The van der Waals surface area contributed by atoms with Gasteiger partial charge in [-0.1, -0.05) is 30.3 Å². The fourth-order valence-corrected chi connectivity index (χ4v) is 4.23. The molecule has 1 aliphatic rings. The minimum atomic E-state index is -1.12. The maximum Gasteiger partial charge on any atom is 0.356 e. The Labute approximate surface area is 194 Å². The molecular weight excluding hydrogens is 422 g/mol. The Hall–Kier alpha value is -3.16. The van der Waals surface area contributed by atoms with Crippen LogP contribution in [0.15, 0.2) is 36.5 Å². The summed E-state index contributed by atoms with van der Waals surface area (Å²) in [6.07, 6.45) is 5.21. The molecule has 0 bridgehead atoms. The SMILES string of the molecule is CC(C)(C)OC(=O)C[C@H]1CC[C@H](C(=O)N[C@@H](Cc2ccccc2)c2nc(C(=O)O)c[nH]2)CC1. The Balaban J connectivity index is 1.60. The highest BCUT2D eigenvalue weighted by Crippen LogP contribution is 2.32. The molecule has 178 valence electrons. The van der Waals surface area contributed by atoms with Crippen LogP contribution in [-0.2, 0) is 20.7 Å². The van der Waals surface area contributed by atoms with Gasteiger partial charge in [0.25, 0.3) is 0 Å². The number of rotatable bonds is 8. The summed E-state index contributed by atoms with van der Waals surface area (Å²) in [6.45, 7) is 5.57. The van der Waals surface area contributed by atoms with Crippen LogP contribution in [0, 0.1) is 11.8 Å². The summed E-state index contributed by atoms with van der Waals surface area (Å²) in [7, 11) is 0. The van der Waals surface area contributed by atoms with Crippen LogP contribution in [0.1, 0.15) is 80.8 Å². The molecule has 1 saturated carbocycles. The molecule has 1 aliphatic carbocycles. The van der Waals surface area contributed by atoms with Crippen molar-refractivity contribution in [3.8, 4) is 0 Å². The third-order valence-corrected chi connectivity index (χ3v) is 5.84. The number of imidazole rings is 1. The van der Waals surface area contributed by atoms with Gasteiger partial charge in [-0.3, -0.25) is 9.59 Å². The van der Waals surface area contributed by atoms with Crippen LogP contribution >= 0.6 is 0 Å². The third kappa shape index (κ3) is 7.44. The number of amides is 1. The number of aromatic nitrogens is 2. The monoisotopic (exact) mass is 455 g/mol. The van der Waals surface area contributed by atoms with Crippen LogP contribution in [0.5, 0.6) is 0 Å². The predicted octanol–water partition coefficient (Wildman–Crippen LogP) is 4.05. The lowest BCUT2D eigenvalue weighted by molar-refractivity contribution is -0.156. The molecule has 3 N–H and O–H groups in total. The van der Waals surface area contributed by atoms with Gasteiger partial charge >= 0.3 is 11.9 Å². The number of carboxylic acid groups (broad SMARTS) is 1. The first-order chi connectivity index (χ1) is 15.6. The Bertz CT molecular complexity index is 956. The molecule has 0 saturated heterocycles.